The molecule has 0 unspecified atom stereocenters. The van der Waals surface area contributed by atoms with E-state index < -0.39 is 0 Å². The van der Waals surface area contributed by atoms with Gasteiger partial charge in [0.1, 0.15) is 0 Å². The molecule has 0 bridgehead atoms. The third-order valence-electron chi connectivity index (χ3n) is 5.24. The number of carbonyl (C=O) groups excluding carboxylic acids is 1. The standard InChI is InChI=1S/C21H21Cl2N3O/c22-16-11-10-15(13-17(16)23)26(20(27)12-9-14-5-1-2-6-14)21-24-18-7-3-4-8-19(18)25-21/h3-4,7-8,10-11,13-14H,1-2,5-6,9,12H2,(H,24,25). The van der Waals surface area contributed by atoms with Crippen LogP contribution < -0.4 is 4.90 Å². The van der Waals surface area contributed by atoms with Crippen LogP contribution in [0.4, 0.5) is 11.6 Å². The fraction of sp³-hybridized carbons (Fsp3) is 0.333. The lowest BCUT2D eigenvalue weighted by Gasteiger charge is -2.21. The molecule has 140 valence electrons. The van der Waals surface area contributed by atoms with Crippen LogP contribution in [0.1, 0.15) is 38.5 Å². The van der Waals surface area contributed by atoms with E-state index >= 15 is 0 Å². The van der Waals surface area contributed by atoms with E-state index in [1.807, 2.05) is 24.3 Å². The van der Waals surface area contributed by atoms with Gasteiger partial charge >= 0.3 is 0 Å². The SMILES string of the molecule is O=C(CCC1CCCC1)N(c1ccc(Cl)c(Cl)c1)c1nc2ccccc2[nH]1. The number of carbonyl (C=O) groups is 1. The number of benzene rings is 2. The van der Waals surface area contributed by atoms with E-state index in [-0.39, 0.29) is 5.91 Å². The maximum atomic E-state index is 13.2. The van der Waals surface area contributed by atoms with Gasteiger partial charge in [-0.05, 0) is 42.7 Å². The summed E-state index contributed by atoms with van der Waals surface area (Å²) in [5.74, 6) is 1.17. The average Bonchev–Trinajstić information content (AvgIpc) is 3.32. The van der Waals surface area contributed by atoms with Crippen LogP contribution in [0.5, 0.6) is 0 Å². The van der Waals surface area contributed by atoms with Crippen molar-refractivity contribution >= 4 is 51.8 Å². The fourth-order valence-corrected chi connectivity index (χ4v) is 4.08. The van der Waals surface area contributed by atoms with Crippen molar-refractivity contribution in [3.8, 4) is 0 Å². The normalized spacial score (nSPS) is 14.7. The molecule has 0 spiro atoms. The zero-order valence-electron chi connectivity index (χ0n) is 14.9. The van der Waals surface area contributed by atoms with Crippen molar-refractivity contribution in [1.82, 2.24) is 9.97 Å². The minimum Gasteiger partial charge on any atom is -0.323 e. The van der Waals surface area contributed by atoms with Gasteiger partial charge in [-0.3, -0.25) is 9.69 Å². The zero-order chi connectivity index (χ0) is 18.8. The summed E-state index contributed by atoms with van der Waals surface area (Å²) < 4.78 is 0. The average molecular weight is 402 g/mol. The summed E-state index contributed by atoms with van der Waals surface area (Å²) in [7, 11) is 0. The van der Waals surface area contributed by atoms with Crippen molar-refractivity contribution in [1.29, 1.82) is 0 Å². The number of aromatic amines is 1. The molecule has 0 saturated heterocycles. The van der Waals surface area contributed by atoms with Crippen LogP contribution >= 0.6 is 23.2 Å². The highest BCUT2D eigenvalue weighted by atomic mass is 35.5. The number of nitrogens with zero attached hydrogens (tertiary/aromatic N) is 2. The van der Waals surface area contributed by atoms with Gasteiger partial charge in [-0.15, -0.1) is 0 Å². The molecule has 1 amide bonds. The van der Waals surface area contributed by atoms with Crippen molar-refractivity contribution in [3.63, 3.8) is 0 Å². The second-order valence-electron chi connectivity index (χ2n) is 7.09. The van der Waals surface area contributed by atoms with Crippen molar-refractivity contribution < 1.29 is 4.79 Å². The van der Waals surface area contributed by atoms with Crippen LogP contribution in [0.2, 0.25) is 10.0 Å². The van der Waals surface area contributed by atoms with Crippen molar-refractivity contribution in [3.05, 3.63) is 52.5 Å². The van der Waals surface area contributed by atoms with Gasteiger partial charge in [0.25, 0.3) is 0 Å². The number of anilines is 2. The fourth-order valence-electron chi connectivity index (χ4n) is 3.79. The van der Waals surface area contributed by atoms with E-state index in [4.69, 9.17) is 23.2 Å². The molecule has 1 saturated carbocycles. The van der Waals surface area contributed by atoms with Gasteiger partial charge in [-0.1, -0.05) is 61.0 Å². The smallest absolute Gasteiger partial charge is 0.233 e. The van der Waals surface area contributed by atoms with E-state index in [0.29, 0.717) is 34.0 Å². The minimum atomic E-state index is 0.0133. The molecule has 6 heteroatoms. The predicted octanol–water partition coefficient (Wildman–Crippen LogP) is 6.50. The van der Waals surface area contributed by atoms with Crippen LogP contribution in [0.25, 0.3) is 11.0 Å². The highest BCUT2D eigenvalue weighted by Crippen LogP contribution is 2.33. The molecule has 1 N–H and O–H groups in total. The van der Waals surface area contributed by atoms with Crippen LogP contribution in [0.3, 0.4) is 0 Å². The summed E-state index contributed by atoms with van der Waals surface area (Å²) in [6.45, 7) is 0. The summed E-state index contributed by atoms with van der Waals surface area (Å²) in [5, 5.41) is 0.877. The molecule has 1 aliphatic carbocycles. The van der Waals surface area contributed by atoms with Crippen LogP contribution in [0.15, 0.2) is 42.5 Å². The van der Waals surface area contributed by atoms with Gasteiger partial charge in [0.05, 0.1) is 26.8 Å². The lowest BCUT2D eigenvalue weighted by molar-refractivity contribution is -0.118. The molecule has 1 aromatic heterocycles. The molecule has 0 radical (unpaired) electrons. The summed E-state index contributed by atoms with van der Waals surface area (Å²) in [6, 6.07) is 13.0. The number of nitrogens with one attached hydrogen (secondary N) is 1. The van der Waals surface area contributed by atoms with Gasteiger partial charge in [0.2, 0.25) is 11.9 Å². The maximum Gasteiger partial charge on any atom is 0.233 e. The lowest BCUT2D eigenvalue weighted by atomic mass is 10.0. The Morgan fingerprint density at radius 1 is 1.11 bits per heavy atom. The van der Waals surface area contributed by atoms with Crippen molar-refractivity contribution in [2.75, 3.05) is 4.90 Å². The number of para-hydroxylation sites is 2. The Labute approximate surface area is 168 Å². The topological polar surface area (TPSA) is 49.0 Å². The van der Waals surface area contributed by atoms with Gasteiger partial charge in [0, 0.05) is 6.42 Å². The summed E-state index contributed by atoms with van der Waals surface area (Å²) in [5.41, 5.74) is 2.38. The van der Waals surface area contributed by atoms with Gasteiger partial charge in [-0.2, -0.15) is 0 Å². The van der Waals surface area contributed by atoms with E-state index in [1.54, 1.807) is 23.1 Å². The monoisotopic (exact) mass is 401 g/mol. The Morgan fingerprint density at radius 2 is 1.89 bits per heavy atom. The molecule has 4 nitrogen and oxygen atoms in total. The second-order valence-corrected chi connectivity index (χ2v) is 7.91. The number of rotatable bonds is 5. The molecule has 2 aromatic carbocycles. The molecule has 4 rings (SSSR count). The summed E-state index contributed by atoms with van der Waals surface area (Å²) in [6.07, 6.45) is 6.41. The number of hydrogen-bond acceptors (Lipinski definition) is 2. The molecule has 27 heavy (non-hydrogen) atoms. The quantitative estimate of drug-likeness (QED) is 0.529. The molecule has 0 atom stereocenters. The first kappa shape index (κ1) is 18.3. The third kappa shape index (κ3) is 3.97. The number of aromatic nitrogens is 2. The highest BCUT2D eigenvalue weighted by molar-refractivity contribution is 6.42. The van der Waals surface area contributed by atoms with Crippen LogP contribution in [-0.2, 0) is 4.79 Å². The number of imidazole rings is 1. The van der Waals surface area contributed by atoms with Gasteiger partial charge < -0.3 is 4.98 Å². The van der Waals surface area contributed by atoms with Crippen molar-refractivity contribution in [2.45, 2.75) is 38.5 Å². The molecule has 1 fully saturated rings. The first-order chi connectivity index (χ1) is 13.1. The van der Waals surface area contributed by atoms with E-state index in [1.165, 1.54) is 25.7 Å². The number of H-pyrrole nitrogens is 1. The zero-order valence-corrected chi connectivity index (χ0v) is 16.4. The van der Waals surface area contributed by atoms with E-state index in [0.717, 1.165) is 17.5 Å². The Hall–Kier alpha value is -2.04. The summed E-state index contributed by atoms with van der Waals surface area (Å²) >= 11 is 12.3. The van der Waals surface area contributed by atoms with E-state index in [2.05, 4.69) is 9.97 Å². The van der Waals surface area contributed by atoms with Gasteiger partial charge in [0.15, 0.2) is 0 Å². The molecular formula is C21H21Cl2N3O. The molecule has 1 heterocycles. The van der Waals surface area contributed by atoms with E-state index in [9.17, 15) is 4.79 Å². The number of halogens is 2. The Kier molecular flexibility index (Phi) is 5.37. The van der Waals surface area contributed by atoms with Crippen LogP contribution in [0, 0.1) is 5.92 Å². The van der Waals surface area contributed by atoms with Crippen LogP contribution in [-0.4, -0.2) is 15.9 Å². The Bertz CT molecular complexity index is 930. The number of fused-ring (bicyclic) bond motifs is 1. The second kappa shape index (κ2) is 7.91. The molecule has 0 aliphatic heterocycles. The number of amides is 1. The first-order valence-electron chi connectivity index (χ1n) is 9.34. The molecular weight excluding hydrogens is 381 g/mol. The third-order valence-corrected chi connectivity index (χ3v) is 5.98. The molecule has 3 aromatic rings. The lowest BCUT2D eigenvalue weighted by Crippen LogP contribution is -2.27. The maximum absolute atomic E-state index is 13.2. The first-order valence-corrected chi connectivity index (χ1v) is 10.1. The largest absolute Gasteiger partial charge is 0.323 e. The Morgan fingerprint density at radius 3 is 2.63 bits per heavy atom. The highest BCUT2D eigenvalue weighted by Gasteiger charge is 2.24. The van der Waals surface area contributed by atoms with Crippen molar-refractivity contribution in [2.24, 2.45) is 5.92 Å². The predicted molar refractivity (Wildman–Crippen MR) is 111 cm³/mol. The molecule has 1 aliphatic rings. The minimum absolute atomic E-state index is 0.0133. The van der Waals surface area contributed by atoms with Gasteiger partial charge in [-0.25, -0.2) is 4.98 Å². The number of hydrogen-bond donors (Lipinski definition) is 1. The Balaban J connectivity index is 1.67. The summed E-state index contributed by atoms with van der Waals surface area (Å²) in [4.78, 5) is 22.7.